The lowest BCUT2D eigenvalue weighted by Gasteiger charge is -2.19. The van der Waals surface area contributed by atoms with Gasteiger partial charge in [-0.1, -0.05) is 23.2 Å². The number of hydrogen-bond acceptors (Lipinski definition) is 4. The second kappa shape index (κ2) is 6.74. The largest absolute Gasteiger partial charge is 0.460 e. The Morgan fingerprint density at radius 2 is 2.00 bits per heavy atom. The molecule has 0 saturated carbocycles. The van der Waals surface area contributed by atoms with Gasteiger partial charge in [0.1, 0.15) is 14.1 Å². The van der Waals surface area contributed by atoms with Gasteiger partial charge in [0, 0.05) is 6.61 Å². The van der Waals surface area contributed by atoms with Crippen LogP contribution in [-0.2, 0) is 18.8 Å². The molecule has 0 amide bonds. The Morgan fingerprint density at radius 1 is 1.47 bits per heavy atom. The molecule has 0 saturated heterocycles. The third-order valence-corrected chi connectivity index (χ3v) is 4.33. The summed E-state index contributed by atoms with van der Waals surface area (Å²) in [6, 6.07) is 0. The molecule has 0 aromatic carbocycles. The Bertz CT molecular complexity index is 243. The van der Waals surface area contributed by atoms with Crippen LogP contribution in [0.3, 0.4) is 0 Å². The summed E-state index contributed by atoms with van der Waals surface area (Å²) in [5, 5.41) is 0. The summed E-state index contributed by atoms with van der Waals surface area (Å²) in [5.74, 6) is -0.885. The molecule has 1 atom stereocenters. The fraction of sp³-hybridized carbons (Fsp3) is 0.875. The van der Waals surface area contributed by atoms with E-state index in [4.69, 9.17) is 32.7 Å². The zero-order chi connectivity index (χ0) is 12.1. The maximum atomic E-state index is 11.5. The molecule has 0 aliphatic carbocycles. The van der Waals surface area contributed by atoms with Crippen LogP contribution in [0.5, 0.6) is 0 Å². The van der Waals surface area contributed by atoms with E-state index in [-0.39, 0.29) is 12.5 Å². The predicted octanol–water partition coefficient (Wildman–Crippen LogP) is 2.62. The lowest BCUT2D eigenvalue weighted by Crippen LogP contribution is -2.28. The van der Waals surface area contributed by atoms with Crippen molar-refractivity contribution >= 4 is 37.0 Å². The molecule has 0 heterocycles. The maximum absolute atomic E-state index is 11.5. The van der Waals surface area contributed by atoms with Gasteiger partial charge in [-0.25, -0.2) is 4.79 Å². The van der Waals surface area contributed by atoms with E-state index in [9.17, 15) is 9.36 Å². The number of carbonyl (C=O) groups is 1. The fourth-order valence-electron chi connectivity index (χ4n) is 0.687. The minimum absolute atomic E-state index is 0.124. The van der Waals surface area contributed by atoms with E-state index in [0.717, 1.165) is 0 Å². The second-order valence-corrected chi connectivity index (χ2v) is 6.94. The average Bonchev–Trinajstić information content (AvgIpc) is 2.12. The van der Waals surface area contributed by atoms with Gasteiger partial charge in [-0.3, -0.25) is 0 Å². The molecule has 0 aromatic rings. The van der Waals surface area contributed by atoms with Gasteiger partial charge < -0.3 is 14.0 Å². The molecule has 0 spiro atoms. The molecule has 1 unspecified atom stereocenters. The quantitative estimate of drug-likeness (QED) is 0.425. The Morgan fingerprint density at radius 3 is 2.40 bits per heavy atom. The van der Waals surface area contributed by atoms with Gasteiger partial charge in [-0.05, 0) is 20.8 Å². The number of halogens is 2. The van der Waals surface area contributed by atoms with E-state index in [1.165, 1.54) is 0 Å². The van der Waals surface area contributed by atoms with Crippen LogP contribution in [0.1, 0.15) is 20.8 Å². The van der Waals surface area contributed by atoms with Crippen LogP contribution in [-0.4, -0.2) is 29.1 Å². The van der Waals surface area contributed by atoms with Gasteiger partial charge in [0.2, 0.25) is 0 Å². The maximum Gasteiger partial charge on any atom is 0.350 e. The van der Waals surface area contributed by atoms with Crippen molar-refractivity contribution in [1.82, 2.24) is 0 Å². The van der Waals surface area contributed by atoms with Crippen LogP contribution in [0.25, 0.3) is 0 Å². The van der Waals surface area contributed by atoms with Crippen LogP contribution in [0.15, 0.2) is 0 Å². The van der Waals surface area contributed by atoms with Gasteiger partial charge >= 0.3 is 5.97 Å². The van der Waals surface area contributed by atoms with E-state index >= 15 is 0 Å². The van der Waals surface area contributed by atoms with E-state index in [1.54, 1.807) is 20.8 Å². The molecule has 0 fully saturated rings. The van der Waals surface area contributed by atoms with Gasteiger partial charge in [0.05, 0.1) is 6.10 Å². The molecule has 4 nitrogen and oxygen atoms in total. The third kappa shape index (κ3) is 5.21. The number of ether oxygens (including phenoxy) is 2. The van der Waals surface area contributed by atoms with E-state index in [0.29, 0.717) is 6.61 Å². The van der Waals surface area contributed by atoms with E-state index in [2.05, 4.69) is 0 Å². The molecule has 0 N–H and O–H groups in total. The summed E-state index contributed by atoms with van der Waals surface area (Å²) in [6.45, 7) is 5.44. The molecular weight excluding hydrogens is 262 g/mol. The summed E-state index contributed by atoms with van der Waals surface area (Å²) in [5.41, 5.74) is 0. The Balaban J connectivity index is 4.37. The lowest BCUT2D eigenvalue weighted by molar-refractivity contribution is -0.146. The first kappa shape index (κ1) is 15.2. The zero-order valence-electron chi connectivity index (χ0n) is 8.88. The number of rotatable bonds is 6. The van der Waals surface area contributed by atoms with Gasteiger partial charge in [-0.2, -0.15) is 0 Å². The lowest BCUT2D eigenvalue weighted by atomic mass is 10.5. The van der Waals surface area contributed by atoms with E-state index < -0.39 is 17.8 Å². The van der Waals surface area contributed by atoms with Crippen molar-refractivity contribution in [3.63, 3.8) is 0 Å². The van der Waals surface area contributed by atoms with E-state index in [1.807, 2.05) is 0 Å². The average molecular weight is 277 g/mol. The fourth-order valence-corrected chi connectivity index (χ4v) is 1.96. The number of hydrogen-bond donors (Lipinski definition) is 0. The van der Waals surface area contributed by atoms with Gasteiger partial charge in [0.15, 0.2) is 0 Å². The number of alkyl halides is 2. The first-order valence-corrected chi connectivity index (χ1v) is 6.89. The van der Waals surface area contributed by atoms with Crippen LogP contribution in [0.4, 0.5) is 0 Å². The van der Waals surface area contributed by atoms with Crippen LogP contribution < -0.4 is 0 Å². The van der Waals surface area contributed by atoms with Crippen molar-refractivity contribution in [2.45, 2.75) is 30.9 Å². The normalized spacial score (nSPS) is 14.0. The van der Waals surface area contributed by atoms with Crippen LogP contribution in [0.2, 0.25) is 0 Å². The highest BCUT2D eigenvalue weighted by Crippen LogP contribution is 2.47. The molecule has 15 heavy (non-hydrogen) atoms. The minimum Gasteiger partial charge on any atom is -0.460 e. The smallest absolute Gasteiger partial charge is 0.350 e. The van der Waals surface area contributed by atoms with Crippen LogP contribution in [0, 0.1) is 0 Å². The summed E-state index contributed by atoms with van der Waals surface area (Å²) in [6.07, 6.45) is -0.474. The summed E-state index contributed by atoms with van der Waals surface area (Å²) in [7, 11) is -2.59. The Kier molecular flexibility index (Phi) is 6.85. The highest BCUT2D eigenvalue weighted by atomic mass is 35.5. The molecule has 0 aromatic heterocycles. The molecule has 0 aliphatic rings. The summed E-state index contributed by atoms with van der Waals surface area (Å²) >= 11 is 11.3. The van der Waals surface area contributed by atoms with Gasteiger partial charge in [0.25, 0.3) is 4.07 Å². The topological polar surface area (TPSA) is 52.6 Å². The number of carbonyl (C=O) groups excluding carboxylic acids is 1. The highest BCUT2D eigenvalue weighted by molar-refractivity contribution is 7.53. The first-order chi connectivity index (χ1) is 6.82. The molecule has 0 rings (SSSR count). The minimum atomic E-state index is -2.59. The summed E-state index contributed by atoms with van der Waals surface area (Å²) < 4.78 is 19.2. The molecule has 0 aliphatic heterocycles. The molecule has 90 valence electrons. The Labute approximate surface area is 100.0 Å². The van der Waals surface area contributed by atoms with Crippen molar-refractivity contribution in [1.29, 1.82) is 0 Å². The van der Waals surface area contributed by atoms with Crippen LogP contribution >= 0.6 is 31.0 Å². The van der Waals surface area contributed by atoms with Crippen molar-refractivity contribution in [3.05, 3.63) is 0 Å². The van der Waals surface area contributed by atoms with Crippen molar-refractivity contribution < 1.29 is 18.8 Å². The Hall–Kier alpha value is 0.240. The zero-order valence-corrected chi connectivity index (χ0v) is 11.4. The van der Waals surface area contributed by atoms with Crippen molar-refractivity contribution in [2.75, 3.05) is 13.0 Å². The molecule has 0 radical (unpaired) electrons. The summed E-state index contributed by atoms with van der Waals surface area (Å²) in [4.78, 5) is 11.4. The van der Waals surface area contributed by atoms with Crippen molar-refractivity contribution in [2.24, 2.45) is 0 Å². The highest BCUT2D eigenvalue weighted by Gasteiger charge is 2.42. The molecule has 7 heteroatoms. The second-order valence-electron chi connectivity index (χ2n) is 3.09. The van der Waals surface area contributed by atoms with Crippen molar-refractivity contribution in [3.8, 4) is 0 Å². The molecule has 0 bridgehead atoms. The third-order valence-electron chi connectivity index (χ3n) is 1.39. The molecular formula is C8H15Cl2O4P. The predicted molar refractivity (Wildman–Crippen MR) is 61.2 cm³/mol. The number of esters is 1. The van der Waals surface area contributed by atoms with Gasteiger partial charge in [-0.15, -0.1) is 0 Å². The standard InChI is InChI=1S/C8H15Cl2O4P/c1-4-13-5-15(12)8(9,10)7(11)14-6(2)3/h6,15H,4-5H2,1-3H3. The first-order valence-electron chi connectivity index (χ1n) is 4.52. The SMILES string of the molecule is CCOC[PH](=O)C(Cl)(Cl)C(=O)OC(C)C. The monoisotopic (exact) mass is 276 g/mol.